The van der Waals surface area contributed by atoms with Crippen molar-refractivity contribution in [1.82, 2.24) is 29.8 Å². The van der Waals surface area contributed by atoms with Crippen LogP contribution in [0.5, 0.6) is 0 Å². The number of rotatable bonds is 6. The van der Waals surface area contributed by atoms with E-state index in [-0.39, 0.29) is 11.9 Å². The largest absolute Gasteiger partial charge is 0.361 e. The van der Waals surface area contributed by atoms with Crippen molar-refractivity contribution in [3.63, 3.8) is 0 Å². The second-order valence-electron chi connectivity index (χ2n) is 7.54. The highest BCUT2D eigenvalue weighted by atomic mass is 16.5. The van der Waals surface area contributed by atoms with Crippen molar-refractivity contribution < 1.29 is 9.32 Å². The summed E-state index contributed by atoms with van der Waals surface area (Å²) in [7, 11) is 0. The van der Waals surface area contributed by atoms with Gasteiger partial charge in [-0.25, -0.2) is 9.97 Å². The maximum absolute atomic E-state index is 12.9. The lowest BCUT2D eigenvalue weighted by Crippen LogP contribution is -2.31. The molecule has 8 heteroatoms. The summed E-state index contributed by atoms with van der Waals surface area (Å²) in [6, 6.07) is 3.87. The Morgan fingerprint density at radius 1 is 1.28 bits per heavy atom. The maximum atomic E-state index is 12.9. The zero-order chi connectivity index (χ0) is 20.4. The molecule has 4 rings (SSSR count). The third kappa shape index (κ3) is 4.06. The summed E-state index contributed by atoms with van der Waals surface area (Å²) in [5, 5.41) is 8.23. The molecule has 1 saturated heterocycles. The van der Waals surface area contributed by atoms with Gasteiger partial charge in [0.15, 0.2) is 0 Å². The fraction of sp³-hybridized carbons (Fsp3) is 0.476. The number of carbonyl (C=O) groups excluding carboxylic acids is 1. The van der Waals surface area contributed by atoms with E-state index in [1.807, 2.05) is 48.7 Å². The quantitative estimate of drug-likeness (QED) is 0.636. The molecular weight excluding hydrogens is 368 g/mol. The fourth-order valence-corrected chi connectivity index (χ4v) is 4.08. The zero-order valence-corrected chi connectivity index (χ0v) is 17.1. The lowest BCUT2D eigenvalue weighted by Gasteiger charge is -2.25. The van der Waals surface area contributed by atoms with Gasteiger partial charge in [-0.3, -0.25) is 9.48 Å². The Bertz CT molecular complexity index is 975. The lowest BCUT2D eigenvalue weighted by atomic mass is 10.1. The Kier molecular flexibility index (Phi) is 5.42. The topological polar surface area (TPSA) is 89.9 Å². The molecule has 3 aromatic heterocycles. The molecule has 1 aliphatic heterocycles. The molecule has 4 heterocycles. The molecule has 29 heavy (non-hydrogen) atoms. The number of aryl methyl sites for hydroxylation is 4. The summed E-state index contributed by atoms with van der Waals surface area (Å²) in [6.07, 6.45) is 6.87. The van der Waals surface area contributed by atoms with Crippen LogP contribution in [-0.4, -0.2) is 42.3 Å². The third-order valence-corrected chi connectivity index (χ3v) is 5.40. The highest BCUT2D eigenvalue weighted by Crippen LogP contribution is 2.34. The minimum Gasteiger partial charge on any atom is -0.361 e. The first kappa shape index (κ1) is 19.3. The van der Waals surface area contributed by atoms with Gasteiger partial charge in [0.05, 0.1) is 28.7 Å². The normalized spacial score (nSPS) is 16.5. The second-order valence-corrected chi connectivity index (χ2v) is 7.54. The van der Waals surface area contributed by atoms with Gasteiger partial charge in [-0.2, -0.15) is 5.10 Å². The SMILES string of the molecule is Cc1nc(-c2c(C)noc2C)cc(C2CCCN2C(=O)CCCn2cccn2)n1. The molecule has 8 nitrogen and oxygen atoms in total. The van der Waals surface area contributed by atoms with Gasteiger partial charge >= 0.3 is 0 Å². The van der Waals surface area contributed by atoms with Crippen LogP contribution in [0.1, 0.15) is 54.7 Å². The standard InChI is InChI=1S/C21H26N6O2/c1-14-21(15(2)29-25-14)18-13-17(23-16(3)24-18)19-7-4-12-27(19)20(28)8-5-10-26-11-6-9-22-26/h6,9,11,13,19H,4-5,7-8,10,12H2,1-3H3. The van der Waals surface area contributed by atoms with Crippen LogP contribution in [0.25, 0.3) is 11.3 Å². The van der Waals surface area contributed by atoms with Gasteiger partial charge in [0.1, 0.15) is 11.6 Å². The average Bonchev–Trinajstić information content (AvgIpc) is 3.43. The number of hydrogen-bond acceptors (Lipinski definition) is 6. The molecule has 3 aromatic rings. The Labute approximate surface area is 169 Å². The second kappa shape index (κ2) is 8.14. The summed E-state index contributed by atoms with van der Waals surface area (Å²) in [5.41, 5.74) is 3.42. The van der Waals surface area contributed by atoms with Gasteiger partial charge in [0.25, 0.3) is 0 Å². The molecule has 0 aliphatic carbocycles. The van der Waals surface area contributed by atoms with Crippen LogP contribution < -0.4 is 0 Å². The fourth-order valence-electron chi connectivity index (χ4n) is 4.08. The number of nitrogens with zero attached hydrogens (tertiary/aromatic N) is 6. The van der Waals surface area contributed by atoms with E-state index in [0.717, 1.165) is 60.8 Å². The molecular formula is C21H26N6O2. The molecule has 0 N–H and O–H groups in total. The Morgan fingerprint density at radius 3 is 2.86 bits per heavy atom. The zero-order valence-electron chi connectivity index (χ0n) is 17.1. The molecule has 0 aromatic carbocycles. The van der Waals surface area contributed by atoms with E-state index < -0.39 is 0 Å². The van der Waals surface area contributed by atoms with Crippen molar-refractivity contribution in [2.45, 2.75) is 59.0 Å². The molecule has 1 unspecified atom stereocenters. The number of amides is 1. The van der Waals surface area contributed by atoms with Crippen LogP contribution in [0.15, 0.2) is 29.0 Å². The van der Waals surface area contributed by atoms with Crippen molar-refractivity contribution >= 4 is 5.91 Å². The van der Waals surface area contributed by atoms with Crippen molar-refractivity contribution in [1.29, 1.82) is 0 Å². The first-order valence-electron chi connectivity index (χ1n) is 10.1. The molecule has 0 saturated carbocycles. The maximum Gasteiger partial charge on any atom is 0.223 e. The molecule has 1 atom stereocenters. The van der Waals surface area contributed by atoms with Crippen LogP contribution in [0.3, 0.4) is 0 Å². The van der Waals surface area contributed by atoms with Crippen LogP contribution in [0.2, 0.25) is 0 Å². The third-order valence-electron chi connectivity index (χ3n) is 5.40. The van der Waals surface area contributed by atoms with E-state index in [9.17, 15) is 4.79 Å². The van der Waals surface area contributed by atoms with Gasteiger partial charge in [0, 0.05) is 31.9 Å². The van der Waals surface area contributed by atoms with Crippen LogP contribution in [-0.2, 0) is 11.3 Å². The Morgan fingerprint density at radius 2 is 2.14 bits per heavy atom. The van der Waals surface area contributed by atoms with Crippen LogP contribution in [0, 0.1) is 20.8 Å². The molecule has 1 amide bonds. The first-order chi connectivity index (χ1) is 14.0. The Balaban J connectivity index is 1.51. The number of hydrogen-bond donors (Lipinski definition) is 0. The van der Waals surface area contributed by atoms with E-state index in [4.69, 9.17) is 4.52 Å². The summed E-state index contributed by atoms with van der Waals surface area (Å²) >= 11 is 0. The smallest absolute Gasteiger partial charge is 0.223 e. The summed E-state index contributed by atoms with van der Waals surface area (Å²) < 4.78 is 7.17. The Hall–Kier alpha value is -3.03. The molecule has 1 aliphatic rings. The molecule has 0 radical (unpaired) electrons. The minimum atomic E-state index is -0.00637. The summed E-state index contributed by atoms with van der Waals surface area (Å²) in [4.78, 5) is 24.1. The highest BCUT2D eigenvalue weighted by Gasteiger charge is 2.31. The van der Waals surface area contributed by atoms with Crippen molar-refractivity contribution in [2.24, 2.45) is 0 Å². The minimum absolute atomic E-state index is 0.00637. The van der Waals surface area contributed by atoms with Gasteiger partial charge in [-0.15, -0.1) is 0 Å². The highest BCUT2D eigenvalue weighted by molar-refractivity contribution is 5.77. The van der Waals surface area contributed by atoms with E-state index in [0.29, 0.717) is 12.2 Å². The number of likely N-dealkylation sites (tertiary alicyclic amines) is 1. The predicted molar refractivity (Wildman–Crippen MR) is 107 cm³/mol. The van der Waals surface area contributed by atoms with Gasteiger partial charge in [-0.1, -0.05) is 5.16 Å². The summed E-state index contributed by atoms with van der Waals surface area (Å²) in [6.45, 7) is 7.21. The average molecular weight is 394 g/mol. The number of aromatic nitrogens is 5. The van der Waals surface area contributed by atoms with E-state index in [1.165, 1.54) is 0 Å². The monoisotopic (exact) mass is 394 g/mol. The van der Waals surface area contributed by atoms with Crippen molar-refractivity contribution in [3.05, 3.63) is 47.5 Å². The number of carbonyl (C=O) groups is 1. The molecule has 152 valence electrons. The van der Waals surface area contributed by atoms with E-state index in [1.54, 1.807) is 6.20 Å². The predicted octanol–water partition coefficient (Wildman–Crippen LogP) is 3.40. The lowest BCUT2D eigenvalue weighted by molar-refractivity contribution is -0.132. The van der Waals surface area contributed by atoms with Gasteiger partial charge in [0.2, 0.25) is 5.91 Å². The van der Waals surface area contributed by atoms with Crippen LogP contribution >= 0.6 is 0 Å². The van der Waals surface area contributed by atoms with Gasteiger partial charge in [-0.05, 0) is 52.2 Å². The van der Waals surface area contributed by atoms with E-state index >= 15 is 0 Å². The molecule has 0 spiro atoms. The van der Waals surface area contributed by atoms with Crippen LogP contribution in [0.4, 0.5) is 0 Å². The summed E-state index contributed by atoms with van der Waals surface area (Å²) in [5.74, 6) is 1.61. The van der Waals surface area contributed by atoms with E-state index in [2.05, 4.69) is 20.2 Å². The van der Waals surface area contributed by atoms with Crippen molar-refractivity contribution in [3.8, 4) is 11.3 Å². The first-order valence-corrected chi connectivity index (χ1v) is 10.1. The van der Waals surface area contributed by atoms with Gasteiger partial charge < -0.3 is 9.42 Å². The molecule has 1 fully saturated rings. The molecule has 0 bridgehead atoms. The van der Waals surface area contributed by atoms with Crippen molar-refractivity contribution in [2.75, 3.05) is 6.54 Å².